The van der Waals surface area contributed by atoms with Crippen LogP contribution in [0.25, 0.3) is 0 Å². The van der Waals surface area contributed by atoms with Gasteiger partial charge in [-0.05, 0) is 18.1 Å². The van der Waals surface area contributed by atoms with Crippen LogP contribution in [-0.2, 0) is 11.3 Å². The molecule has 1 aliphatic rings. The molecule has 1 unspecified atom stereocenters. The molecule has 1 aromatic carbocycles. The summed E-state index contributed by atoms with van der Waals surface area (Å²) in [5.41, 5.74) is 2.74. The molecule has 1 saturated heterocycles. The van der Waals surface area contributed by atoms with Crippen LogP contribution in [-0.4, -0.2) is 36.6 Å². The lowest BCUT2D eigenvalue weighted by molar-refractivity contribution is -0.00311. The number of nitrogens with zero attached hydrogens (tertiary/aromatic N) is 1. The minimum atomic E-state index is 0.357. The number of alkyl halides is 1. The zero-order valence-corrected chi connectivity index (χ0v) is 10.4. The van der Waals surface area contributed by atoms with Gasteiger partial charge in [0, 0.05) is 25.0 Å². The number of rotatable bonds is 3. The van der Waals surface area contributed by atoms with Crippen molar-refractivity contribution in [2.75, 3.05) is 25.6 Å². The summed E-state index contributed by atoms with van der Waals surface area (Å²) in [5.74, 6) is 0.645. The highest BCUT2D eigenvalue weighted by molar-refractivity contribution is 6.18. The van der Waals surface area contributed by atoms with Gasteiger partial charge >= 0.3 is 0 Å². The number of aryl methyl sites for hydroxylation is 1. The van der Waals surface area contributed by atoms with Crippen molar-refractivity contribution < 1.29 is 4.74 Å². The third-order valence-electron chi connectivity index (χ3n) is 3.16. The molecule has 1 aliphatic heterocycles. The molecular formula is C13H18ClNO. The van der Waals surface area contributed by atoms with Crippen LogP contribution in [0.15, 0.2) is 24.3 Å². The Bertz CT molecular complexity index is 342. The lowest BCUT2D eigenvalue weighted by atomic mass is 10.1. The van der Waals surface area contributed by atoms with Crippen LogP contribution in [0, 0.1) is 6.92 Å². The minimum Gasteiger partial charge on any atom is -0.378 e. The van der Waals surface area contributed by atoms with Gasteiger partial charge in [0.05, 0.1) is 13.2 Å². The molecule has 0 saturated carbocycles. The zero-order valence-electron chi connectivity index (χ0n) is 9.66. The molecule has 0 aliphatic carbocycles. The Balaban J connectivity index is 2.05. The van der Waals surface area contributed by atoms with Crippen LogP contribution in [0.2, 0.25) is 0 Å². The monoisotopic (exact) mass is 239 g/mol. The number of halogens is 1. The standard InChI is InChI=1S/C13H18ClNO/c1-11-4-2-3-5-12(11)9-15-6-7-16-10-13(15)8-14/h2-5,13H,6-10H2,1H3. The van der Waals surface area contributed by atoms with E-state index in [4.69, 9.17) is 16.3 Å². The zero-order chi connectivity index (χ0) is 11.4. The lowest BCUT2D eigenvalue weighted by Gasteiger charge is -2.34. The predicted molar refractivity (Wildman–Crippen MR) is 66.9 cm³/mol. The maximum Gasteiger partial charge on any atom is 0.0634 e. The molecular weight excluding hydrogens is 222 g/mol. The van der Waals surface area contributed by atoms with Crippen LogP contribution in [0.5, 0.6) is 0 Å². The predicted octanol–water partition coefficient (Wildman–Crippen LogP) is 2.43. The third kappa shape index (κ3) is 2.76. The van der Waals surface area contributed by atoms with E-state index in [1.165, 1.54) is 11.1 Å². The first-order valence-corrected chi connectivity index (χ1v) is 6.27. The summed E-state index contributed by atoms with van der Waals surface area (Å²) in [7, 11) is 0. The van der Waals surface area contributed by atoms with E-state index in [9.17, 15) is 0 Å². The number of morpholine rings is 1. The van der Waals surface area contributed by atoms with Gasteiger partial charge in [-0.2, -0.15) is 0 Å². The first-order chi connectivity index (χ1) is 7.81. The van der Waals surface area contributed by atoms with Crippen LogP contribution >= 0.6 is 11.6 Å². The molecule has 88 valence electrons. The van der Waals surface area contributed by atoms with E-state index in [1.54, 1.807) is 0 Å². The lowest BCUT2D eigenvalue weighted by Crippen LogP contribution is -2.45. The fourth-order valence-corrected chi connectivity index (χ4v) is 2.33. The molecule has 0 aromatic heterocycles. The van der Waals surface area contributed by atoms with Gasteiger partial charge in [0.25, 0.3) is 0 Å². The van der Waals surface area contributed by atoms with Crippen molar-refractivity contribution in [2.24, 2.45) is 0 Å². The second-order valence-corrected chi connectivity index (χ2v) is 4.59. The summed E-state index contributed by atoms with van der Waals surface area (Å²) >= 11 is 5.96. The minimum absolute atomic E-state index is 0.357. The molecule has 0 radical (unpaired) electrons. The van der Waals surface area contributed by atoms with Gasteiger partial charge in [0.1, 0.15) is 0 Å². The normalized spacial score (nSPS) is 22.2. The second-order valence-electron chi connectivity index (χ2n) is 4.28. The molecule has 3 heteroatoms. The van der Waals surface area contributed by atoms with Crippen LogP contribution < -0.4 is 0 Å². The number of hydrogen-bond acceptors (Lipinski definition) is 2. The number of ether oxygens (including phenoxy) is 1. The average Bonchev–Trinajstić information content (AvgIpc) is 2.33. The van der Waals surface area contributed by atoms with Gasteiger partial charge < -0.3 is 4.74 Å². The summed E-state index contributed by atoms with van der Waals surface area (Å²) in [5, 5.41) is 0. The van der Waals surface area contributed by atoms with E-state index < -0.39 is 0 Å². The van der Waals surface area contributed by atoms with E-state index in [0.717, 1.165) is 26.3 Å². The Morgan fingerprint density at radius 2 is 2.25 bits per heavy atom. The summed E-state index contributed by atoms with van der Waals surface area (Å²) in [6, 6.07) is 8.88. The van der Waals surface area contributed by atoms with Crippen molar-refractivity contribution in [3.63, 3.8) is 0 Å². The molecule has 1 aromatic rings. The van der Waals surface area contributed by atoms with Crippen molar-refractivity contribution in [1.82, 2.24) is 4.90 Å². The summed E-state index contributed by atoms with van der Waals surface area (Å²) in [4.78, 5) is 2.42. The first kappa shape index (κ1) is 11.9. The van der Waals surface area contributed by atoms with E-state index >= 15 is 0 Å². The fraction of sp³-hybridized carbons (Fsp3) is 0.538. The molecule has 0 bridgehead atoms. The highest BCUT2D eigenvalue weighted by Crippen LogP contribution is 2.15. The van der Waals surface area contributed by atoms with Gasteiger partial charge in [0.2, 0.25) is 0 Å². The smallest absolute Gasteiger partial charge is 0.0634 e. The Hall–Kier alpha value is -0.570. The van der Waals surface area contributed by atoms with Gasteiger partial charge in [-0.3, -0.25) is 4.90 Å². The van der Waals surface area contributed by atoms with Gasteiger partial charge in [-0.1, -0.05) is 24.3 Å². The first-order valence-electron chi connectivity index (χ1n) is 5.73. The van der Waals surface area contributed by atoms with Crippen molar-refractivity contribution in [3.05, 3.63) is 35.4 Å². The fourth-order valence-electron chi connectivity index (χ4n) is 2.05. The molecule has 2 rings (SSSR count). The van der Waals surface area contributed by atoms with E-state index in [0.29, 0.717) is 11.9 Å². The average molecular weight is 240 g/mol. The molecule has 0 N–H and O–H groups in total. The highest BCUT2D eigenvalue weighted by Gasteiger charge is 2.22. The largest absolute Gasteiger partial charge is 0.378 e. The third-order valence-corrected chi connectivity index (χ3v) is 3.52. The highest BCUT2D eigenvalue weighted by atomic mass is 35.5. The van der Waals surface area contributed by atoms with E-state index in [-0.39, 0.29) is 0 Å². The molecule has 0 spiro atoms. The maximum absolute atomic E-state index is 5.96. The van der Waals surface area contributed by atoms with Crippen molar-refractivity contribution in [1.29, 1.82) is 0 Å². The van der Waals surface area contributed by atoms with Crippen molar-refractivity contribution in [2.45, 2.75) is 19.5 Å². The summed E-state index contributed by atoms with van der Waals surface area (Å²) in [6.07, 6.45) is 0. The van der Waals surface area contributed by atoms with Crippen molar-refractivity contribution >= 4 is 11.6 Å². The molecule has 1 heterocycles. The summed E-state index contributed by atoms with van der Waals surface area (Å²) < 4.78 is 5.45. The van der Waals surface area contributed by atoms with Crippen LogP contribution in [0.3, 0.4) is 0 Å². The SMILES string of the molecule is Cc1ccccc1CN1CCOCC1CCl. The topological polar surface area (TPSA) is 12.5 Å². The van der Waals surface area contributed by atoms with Gasteiger partial charge in [0.15, 0.2) is 0 Å². The maximum atomic E-state index is 5.96. The number of hydrogen-bond donors (Lipinski definition) is 0. The van der Waals surface area contributed by atoms with Gasteiger partial charge in [-0.25, -0.2) is 0 Å². The van der Waals surface area contributed by atoms with Crippen LogP contribution in [0.4, 0.5) is 0 Å². The Labute approximate surface area is 102 Å². The molecule has 1 fully saturated rings. The van der Waals surface area contributed by atoms with Crippen LogP contribution in [0.1, 0.15) is 11.1 Å². The van der Waals surface area contributed by atoms with E-state index in [1.807, 2.05) is 0 Å². The van der Waals surface area contributed by atoms with E-state index in [2.05, 4.69) is 36.1 Å². The number of benzene rings is 1. The van der Waals surface area contributed by atoms with Crippen molar-refractivity contribution in [3.8, 4) is 0 Å². The second kappa shape index (κ2) is 5.67. The summed E-state index contributed by atoms with van der Waals surface area (Å²) in [6.45, 7) is 5.69. The Kier molecular flexibility index (Phi) is 4.22. The Morgan fingerprint density at radius 1 is 1.44 bits per heavy atom. The Morgan fingerprint density at radius 3 is 3.00 bits per heavy atom. The molecule has 1 atom stereocenters. The molecule has 2 nitrogen and oxygen atoms in total. The molecule has 0 amide bonds. The molecule has 16 heavy (non-hydrogen) atoms. The quantitative estimate of drug-likeness (QED) is 0.752. The van der Waals surface area contributed by atoms with Gasteiger partial charge in [-0.15, -0.1) is 11.6 Å².